The molecule has 0 saturated carbocycles. The van der Waals surface area contributed by atoms with E-state index < -0.39 is 0 Å². The fraction of sp³-hybridized carbons (Fsp3) is 0.786. The van der Waals surface area contributed by atoms with E-state index in [9.17, 15) is 0 Å². The monoisotopic (exact) mass is 252 g/mol. The van der Waals surface area contributed by atoms with E-state index >= 15 is 0 Å². The van der Waals surface area contributed by atoms with E-state index in [1.807, 2.05) is 7.05 Å². The molecular formula is C14H24N2S. The van der Waals surface area contributed by atoms with E-state index in [2.05, 4.69) is 24.1 Å². The Kier molecular flexibility index (Phi) is 3.88. The molecule has 0 radical (unpaired) electrons. The molecule has 1 aliphatic heterocycles. The molecule has 1 aliphatic carbocycles. The highest BCUT2D eigenvalue weighted by Crippen LogP contribution is 2.36. The molecule has 0 aromatic carbocycles. The summed E-state index contributed by atoms with van der Waals surface area (Å²) in [5.41, 5.74) is 3.10. The van der Waals surface area contributed by atoms with Crippen LogP contribution in [0.25, 0.3) is 0 Å². The summed E-state index contributed by atoms with van der Waals surface area (Å²) in [4.78, 5) is 3.72. The molecule has 0 atom stereocenters. The first-order valence-corrected chi connectivity index (χ1v) is 7.08. The van der Waals surface area contributed by atoms with Gasteiger partial charge in [0.1, 0.15) is 0 Å². The van der Waals surface area contributed by atoms with Crippen molar-refractivity contribution in [2.75, 3.05) is 26.7 Å². The lowest BCUT2D eigenvalue weighted by molar-refractivity contribution is 0.343. The number of nitrogens with one attached hydrogen (secondary N) is 1. The Morgan fingerprint density at radius 1 is 1.24 bits per heavy atom. The van der Waals surface area contributed by atoms with Crippen molar-refractivity contribution in [2.24, 2.45) is 5.41 Å². The van der Waals surface area contributed by atoms with Crippen LogP contribution in [0.2, 0.25) is 0 Å². The Bertz CT molecular complexity index is 338. The predicted octanol–water partition coefficient (Wildman–Crippen LogP) is 2.75. The third kappa shape index (κ3) is 3.08. The standard InChI is InChI=1S/C14H24N2S/c1-14(2)8-12(15-3)11(13(17)9-14)10-16-6-4-5-7-16/h15H,4-10H2,1-3H3. The summed E-state index contributed by atoms with van der Waals surface area (Å²) in [6, 6.07) is 0. The van der Waals surface area contributed by atoms with Crippen molar-refractivity contribution < 1.29 is 0 Å². The highest BCUT2D eigenvalue weighted by atomic mass is 32.1. The van der Waals surface area contributed by atoms with Crippen LogP contribution in [0.4, 0.5) is 0 Å². The smallest absolute Gasteiger partial charge is 0.0261 e. The highest BCUT2D eigenvalue weighted by Gasteiger charge is 2.31. The summed E-state index contributed by atoms with van der Waals surface area (Å²) in [6.07, 6.45) is 4.89. The third-order valence-corrected chi connectivity index (χ3v) is 4.27. The van der Waals surface area contributed by atoms with Gasteiger partial charge in [0.05, 0.1) is 0 Å². The fourth-order valence-corrected chi connectivity index (χ4v) is 3.52. The van der Waals surface area contributed by atoms with Crippen molar-refractivity contribution in [1.82, 2.24) is 10.2 Å². The van der Waals surface area contributed by atoms with Crippen LogP contribution in [0, 0.1) is 5.41 Å². The number of nitrogens with zero attached hydrogens (tertiary/aromatic N) is 1. The molecule has 1 N–H and O–H groups in total. The van der Waals surface area contributed by atoms with Crippen molar-refractivity contribution >= 4 is 17.1 Å². The first-order chi connectivity index (χ1) is 8.02. The zero-order valence-electron chi connectivity index (χ0n) is 11.3. The van der Waals surface area contributed by atoms with E-state index in [0.717, 1.165) is 19.4 Å². The number of hydrogen-bond acceptors (Lipinski definition) is 3. The lowest BCUT2D eigenvalue weighted by Gasteiger charge is -2.35. The predicted molar refractivity (Wildman–Crippen MR) is 77.4 cm³/mol. The van der Waals surface area contributed by atoms with Gasteiger partial charge in [-0.05, 0) is 49.8 Å². The Hall–Kier alpha value is -0.410. The van der Waals surface area contributed by atoms with E-state index in [1.165, 1.54) is 42.1 Å². The Labute approximate surface area is 110 Å². The lowest BCUT2D eigenvalue weighted by atomic mass is 9.76. The van der Waals surface area contributed by atoms with Crippen LogP contribution in [0.3, 0.4) is 0 Å². The van der Waals surface area contributed by atoms with Crippen molar-refractivity contribution in [2.45, 2.75) is 39.5 Å². The first kappa shape index (κ1) is 13.0. The molecule has 2 rings (SSSR count). The van der Waals surface area contributed by atoms with Gasteiger partial charge in [0.2, 0.25) is 0 Å². The van der Waals surface area contributed by atoms with Crippen LogP contribution in [0.15, 0.2) is 11.3 Å². The minimum Gasteiger partial charge on any atom is -0.391 e. The molecule has 1 heterocycles. The van der Waals surface area contributed by atoms with Crippen molar-refractivity contribution in [3.8, 4) is 0 Å². The van der Waals surface area contributed by atoms with Crippen molar-refractivity contribution in [1.29, 1.82) is 0 Å². The second-order valence-electron chi connectivity index (χ2n) is 6.13. The maximum atomic E-state index is 5.63. The normalized spacial score (nSPS) is 25.5. The summed E-state index contributed by atoms with van der Waals surface area (Å²) in [7, 11) is 2.03. The summed E-state index contributed by atoms with van der Waals surface area (Å²) in [5, 5.41) is 3.38. The Morgan fingerprint density at radius 3 is 2.47 bits per heavy atom. The van der Waals surface area contributed by atoms with Crippen LogP contribution < -0.4 is 5.32 Å². The average molecular weight is 252 g/mol. The van der Waals surface area contributed by atoms with Gasteiger partial charge in [-0.2, -0.15) is 0 Å². The first-order valence-electron chi connectivity index (χ1n) is 6.67. The number of hydrogen-bond donors (Lipinski definition) is 1. The van der Waals surface area contributed by atoms with Crippen LogP contribution in [0.5, 0.6) is 0 Å². The molecule has 0 aromatic heterocycles. The number of allylic oxidation sites excluding steroid dienone is 1. The second kappa shape index (κ2) is 5.07. The van der Waals surface area contributed by atoms with Crippen molar-refractivity contribution in [3.05, 3.63) is 11.3 Å². The van der Waals surface area contributed by atoms with Gasteiger partial charge in [0.25, 0.3) is 0 Å². The fourth-order valence-electron chi connectivity index (χ4n) is 2.94. The average Bonchev–Trinajstić information content (AvgIpc) is 2.73. The molecule has 17 heavy (non-hydrogen) atoms. The molecule has 3 heteroatoms. The molecule has 1 saturated heterocycles. The van der Waals surface area contributed by atoms with E-state index in [0.29, 0.717) is 5.41 Å². The van der Waals surface area contributed by atoms with Crippen LogP contribution in [-0.2, 0) is 0 Å². The quantitative estimate of drug-likeness (QED) is 0.778. The van der Waals surface area contributed by atoms with E-state index in [4.69, 9.17) is 12.2 Å². The van der Waals surface area contributed by atoms with Gasteiger partial charge in [0, 0.05) is 24.2 Å². The zero-order valence-corrected chi connectivity index (χ0v) is 12.1. The maximum Gasteiger partial charge on any atom is 0.0261 e. The minimum absolute atomic E-state index is 0.323. The summed E-state index contributed by atoms with van der Waals surface area (Å²) < 4.78 is 0. The van der Waals surface area contributed by atoms with Gasteiger partial charge >= 0.3 is 0 Å². The van der Waals surface area contributed by atoms with Crippen LogP contribution >= 0.6 is 12.2 Å². The van der Waals surface area contributed by atoms with Gasteiger partial charge in [-0.3, -0.25) is 4.90 Å². The topological polar surface area (TPSA) is 15.3 Å². The summed E-state index contributed by atoms with van der Waals surface area (Å²) in [5.74, 6) is 0. The van der Waals surface area contributed by atoms with Gasteiger partial charge in [0.15, 0.2) is 0 Å². The number of rotatable bonds is 3. The van der Waals surface area contributed by atoms with E-state index in [-0.39, 0.29) is 0 Å². The zero-order chi connectivity index (χ0) is 12.5. The Morgan fingerprint density at radius 2 is 1.88 bits per heavy atom. The highest BCUT2D eigenvalue weighted by molar-refractivity contribution is 7.80. The van der Waals surface area contributed by atoms with E-state index in [1.54, 1.807) is 0 Å². The molecule has 2 aliphatic rings. The molecule has 0 amide bonds. The molecule has 96 valence electrons. The largest absolute Gasteiger partial charge is 0.391 e. The Balaban J connectivity index is 2.15. The SMILES string of the molecule is CNC1=C(CN2CCCC2)C(=S)CC(C)(C)C1. The third-order valence-electron chi connectivity index (χ3n) is 3.88. The van der Waals surface area contributed by atoms with Crippen molar-refractivity contribution in [3.63, 3.8) is 0 Å². The molecule has 0 aromatic rings. The lowest BCUT2D eigenvalue weighted by Crippen LogP contribution is -2.34. The second-order valence-corrected chi connectivity index (χ2v) is 6.62. The molecule has 1 fully saturated rings. The number of thiocarbonyl (C=S) groups is 1. The van der Waals surface area contributed by atoms with Gasteiger partial charge in [-0.15, -0.1) is 0 Å². The molecule has 0 spiro atoms. The molecule has 0 unspecified atom stereocenters. The molecule has 0 bridgehead atoms. The van der Waals surface area contributed by atoms with Gasteiger partial charge < -0.3 is 5.32 Å². The minimum atomic E-state index is 0.323. The van der Waals surface area contributed by atoms with Crippen LogP contribution in [0.1, 0.15) is 39.5 Å². The van der Waals surface area contributed by atoms with Gasteiger partial charge in [-0.25, -0.2) is 0 Å². The summed E-state index contributed by atoms with van der Waals surface area (Å²) in [6.45, 7) is 8.16. The summed E-state index contributed by atoms with van der Waals surface area (Å²) >= 11 is 5.63. The molecule has 2 nitrogen and oxygen atoms in total. The molecular weight excluding hydrogens is 228 g/mol. The maximum absolute atomic E-state index is 5.63. The van der Waals surface area contributed by atoms with Gasteiger partial charge in [-0.1, -0.05) is 26.1 Å². The number of likely N-dealkylation sites (tertiary alicyclic amines) is 1. The van der Waals surface area contributed by atoms with Crippen LogP contribution in [-0.4, -0.2) is 36.4 Å².